The van der Waals surface area contributed by atoms with Gasteiger partial charge >= 0.3 is 0 Å². The molecule has 2 aromatic carbocycles. The molecule has 0 bridgehead atoms. The van der Waals surface area contributed by atoms with E-state index in [0.717, 1.165) is 24.3 Å². The second-order valence-electron chi connectivity index (χ2n) is 10.6. The first-order valence-corrected chi connectivity index (χ1v) is 12.2. The molecule has 1 amide bonds. The first-order valence-electron chi connectivity index (χ1n) is 12.2. The SMILES string of the molecule is Cc1oc(C(C)(C)C)cc1C(=O)N1CCC(c2cn(Cc3cccc(C#N)c3)c3ccccc23)C1. The molecule has 2 aromatic heterocycles. The van der Waals surface area contributed by atoms with Crippen LogP contribution in [0.5, 0.6) is 0 Å². The summed E-state index contributed by atoms with van der Waals surface area (Å²) in [6.07, 6.45) is 3.18. The van der Waals surface area contributed by atoms with Crippen LogP contribution in [0.1, 0.15) is 71.7 Å². The van der Waals surface area contributed by atoms with Crippen molar-refractivity contribution in [2.24, 2.45) is 0 Å². The fourth-order valence-electron chi connectivity index (χ4n) is 5.10. The van der Waals surface area contributed by atoms with Gasteiger partial charge in [-0.25, -0.2) is 0 Å². The van der Waals surface area contributed by atoms with Crippen LogP contribution in [0.4, 0.5) is 0 Å². The van der Waals surface area contributed by atoms with E-state index >= 15 is 0 Å². The molecule has 5 nitrogen and oxygen atoms in total. The number of nitrogens with zero attached hydrogens (tertiary/aromatic N) is 3. The van der Waals surface area contributed by atoms with Gasteiger partial charge in [0.1, 0.15) is 11.5 Å². The molecule has 35 heavy (non-hydrogen) atoms. The summed E-state index contributed by atoms with van der Waals surface area (Å²) in [4.78, 5) is 15.4. The van der Waals surface area contributed by atoms with Crippen LogP contribution in [0, 0.1) is 18.3 Å². The van der Waals surface area contributed by atoms with Gasteiger partial charge in [0.25, 0.3) is 5.91 Å². The highest BCUT2D eigenvalue weighted by molar-refractivity contribution is 5.95. The van der Waals surface area contributed by atoms with Crippen molar-refractivity contribution in [2.45, 2.75) is 52.0 Å². The number of benzene rings is 2. The summed E-state index contributed by atoms with van der Waals surface area (Å²) >= 11 is 0. The summed E-state index contributed by atoms with van der Waals surface area (Å²) < 4.78 is 8.20. The fourth-order valence-corrected chi connectivity index (χ4v) is 5.10. The Morgan fingerprint density at radius 1 is 1.14 bits per heavy atom. The quantitative estimate of drug-likeness (QED) is 0.351. The smallest absolute Gasteiger partial charge is 0.257 e. The summed E-state index contributed by atoms with van der Waals surface area (Å²) in [7, 11) is 0. The van der Waals surface area contributed by atoms with E-state index < -0.39 is 0 Å². The molecule has 0 radical (unpaired) electrons. The molecule has 0 N–H and O–H groups in total. The molecular formula is C30H31N3O2. The molecule has 5 heteroatoms. The molecule has 1 atom stereocenters. The Kier molecular flexibility index (Phi) is 5.76. The Labute approximate surface area is 206 Å². The van der Waals surface area contributed by atoms with Crippen molar-refractivity contribution in [3.63, 3.8) is 0 Å². The van der Waals surface area contributed by atoms with Crippen molar-refractivity contribution in [3.05, 3.63) is 94.6 Å². The molecule has 5 rings (SSSR count). The average Bonchev–Trinajstić information content (AvgIpc) is 3.56. The summed E-state index contributed by atoms with van der Waals surface area (Å²) in [5, 5.41) is 10.5. The van der Waals surface area contributed by atoms with Gasteiger partial charge in [-0.3, -0.25) is 4.79 Å². The average molecular weight is 466 g/mol. The zero-order valence-corrected chi connectivity index (χ0v) is 20.8. The standard InChI is InChI=1S/C30H31N3O2/c1-20-25(15-28(35-20)30(2,3)4)29(34)32-13-12-23(18-32)26-19-33(27-11-6-5-10-24(26)27)17-22-9-7-8-21(14-22)16-31/h5-11,14-15,19,23H,12-13,17-18H2,1-4H3. The zero-order valence-electron chi connectivity index (χ0n) is 20.8. The maximum absolute atomic E-state index is 13.4. The number of amides is 1. The van der Waals surface area contributed by atoms with E-state index in [0.29, 0.717) is 30.0 Å². The Hall–Kier alpha value is -3.78. The van der Waals surface area contributed by atoms with Crippen LogP contribution in [-0.4, -0.2) is 28.5 Å². The molecule has 0 aliphatic carbocycles. The molecule has 1 fully saturated rings. The van der Waals surface area contributed by atoms with Crippen LogP contribution < -0.4 is 0 Å². The van der Waals surface area contributed by atoms with Crippen LogP contribution in [0.25, 0.3) is 10.9 Å². The Balaban J connectivity index is 1.41. The van der Waals surface area contributed by atoms with Gasteiger partial charge in [-0.05, 0) is 48.7 Å². The Bertz CT molecular complexity index is 1440. The molecule has 1 saturated heterocycles. The number of para-hydroxylation sites is 1. The largest absolute Gasteiger partial charge is 0.465 e. The number of carbonyl (C=O) groups is 1. The van der Waals surface area contributed by atoms with Crippen molar-refractivity contribution in [1.29, 1.82) is 5.26 Å². The van der Waals surface area contributed by atoms with E-state index in [1.165, 1.54) is 16.5 Å². The van der Waals surface area contributed by atoms with Crippen molar-refractivity contribution in [3.8, 4) is 6.07 Å². The van der Waals surface area contributed by atoms with E-state index in [1.807, 2.05) is 36.1 Å². The molecule has 1 aliphatic rings. The summed E-state index contributed by atoms with van der Waals surface area (Å²) in [5.41, 5.74) is 4.78. The predicted molar refractivity (Wildman–Crippen MR) is 138 cm³/mol. The lowest BCUT2D eigenvalue weighted by Gasteiger charge is -2.16. The molecule has 0 saturated carbocycles. The van der Waals surface area contributed by atoms with Gasteiger partial charge in [0.05, 0.1) is 17.2 Å². The van der Waals surface area contributed by atoms with Crippen molar-refractivity contribution >= 4 is 16.8 Å². The third kappa shape index (κ3) is 4.37. The summed E-state index contributed by atoms with van der Waals surface area (Å²) in [6.45, 7) is 10.3. The minimum Gasteiger partial charge on any atom is -0.465 e. The first-order chi connectivity index (χ1) is 16.7. The number of nitriles is 1. The van der Waals surface area contributed by atoms with E-state index in [1.54, 1.807) is 0 Å². The van der Waals surface area contributed by atoms with Crippen LogP contribution in [0.3, 0.4) is 0 Å². The molecule has 3 heterocycles. The lowest BCUT2D eigenvalue weighted by Crippen LogP contribution is -2.28. The van der Waals surface area contributed by atoms with Crippen LogP contribution >= 0.6 is 0 Å². The highest BCUT2D eigenvalue weighted by Gasteiger charge is 2.32. The number of furan rings is 1. The number of likely N-dealkylation sites (tertiary alicyclic amines) is 1. The zero-order chi connectivity index (χ0) is 24.7. The van der Waals surface area contributed by atoms with Crippen LogP contribution in [0.15, 0.2) is 65.2 Å². The number of aromatic nitrogens is 1. The lowest BCUT2D eigenvalue weighted by molar-refractivity contribution is 0.0789. The number of hydrogen-bond donors (Lipinski definition) is 0. The van der Waals surface area contributed by atoms with E-state index in [2.05, 4.69) is 67.9 Å². The molecular weight excluding hydrogens is 434 g/mol. The first kappa shape index (κ1) is 23.0. The Morgan fingerprint density at radius 2 is 1.94 bits per heavy atom. The molecule has 178 valence electrons. The molecule has 0 spiro atoms. The molecule has 1 aliphatic heterocycles. The van der Waals surface area contributed by atoms with Gasteiger partial charge in [-0.1, -0.05) is 51.1 Å². The minimum atomic E-state index is -0.134. The third-order valence-corrected chi connectivity index (χ3v) is 7.03. The molecule has 1 unspecified atom stereocenters. The minimum absolute atomic E-state index is 0.0568. The van der Waals surface area contributed by atoms with Crippen molar-refractivity contribution in [2.75, 3.05) is 13.1 Å². The third-order valence-electron chi connectivity index (χ3n) is 7.03. The predicted octanol–water partition coefficient (Wildman–Crippen LogP) is 6.39. The maximum atomic E-state index is 13.4. The Morgan fingerprint density at radius 3 is 2.69 bits per heavy atom. The summed E-state index contributed by atoms with van der Waals surface area (Å²) in [6, 6.07) is 20.4. The van der Waals surface area contributed by atoms with Gasteiger partial charge in [-0.15, -0.1) is 0 Å². The van der Waals surface area contributed by atoms with Gasteiger partial charge in [0.15, 0.2) is 0 Å². The van der Waals surface area contributed by atoms with E-state index in [-0.39, 0.29) is 17.2 Å². The van der Waals surface area contributed by atoms with Crippen molar-refractivity contribution < 1.29 is 9.21 Å². The van der Waals surface area contributed by atoms with Gasteiger partial charge in [-0.2, -0.15) is 5.26 Å². The number of fused-ring (bicyclic) bond motifs is 1. The monoisotopic (exact) mass is 465 g/mol. The second-order valence-corrected chi connectivity index (χ2v) is 10.6. The van der Waals surface area contributed by atoms with Gasteiger partial charge in [0.2, 0.25) is 0 Å². The normalized spacial score (nSPS) is 16.1. The number of aryl methyl sites for hydroxylation is 1. The number of carbonyl (C=O) groups excluding carboxylic acids is 1. The molecule has 4 aromatic rings. The summed E-state index contributed by atoms with van der Waals surface area (Å²) in [5.74, 6) is 1.88. The van der Waals surface area contributed by atoms with E-state index in [4.69, 9.17) is 4.42 Å². The van der Waals surface area contributed by atoms with Gasteiger partial charge in [0, 0.05) is 48.1 Å². The van der Waals surface area contributed by atoms with Crippen molar-refractivity contribution in [1.82, 2.24) is 9.47 Å². The lowest BCUT2D eigenvalue weighted by atomic mass is 9.93. The maximum Gasteiger partial charge on any atom is 0.257 e. The van der Waals surface area contributed by atoms with Crippen LogP contribution in [0.2, 0.25) is 0 Å². The highest BCUT2D eigenvalue weighted by Crippen LogP contribution is 2.36. The van der Waals surface area contributed by atoms with E-state index in [9.17, 15) is 10.1 Å². The fraction of sp³-hybridized carbons (Fsp3) is 0.333. The van der Waals surface area contributed by atoms with Crippen LogP contribution in [-0.2, 0) is 12.0 Å². The number of hydrogen-bond acceptors (Lipinski definition) is 3. The second kappa shape index (κ2) is 8.78. The number of rotatable bonds is 4. The topological polar surface area (TPSA) is 62.2 Å². The van der Waals surface area contributed by atoms with Gasteiger partial charge < -0.3 is 13.9 Å². The highest BCUT2D eigenvalue weighted by atomic mass is 16.3.